The second-order valence-corrected chi connectivity index (χ2v) is 4.70. The Labute approximate surface area is 99.3 Å². The maximum Gasteiger partial charge on any atom is 0.0419 e. The molecule has 4 heteroatoms. The maximum atomic E-state index is 5.56. The van der Waals surface area contributed by atoms with E-state index in [9.17, 15) is 0 Å². The molecule has 84 valence electrons. The van der Waals surface area contributed by atoms with Gasteiger partial charge in [-0.3, -0.25) is 16.3 Å². The molecule has 0 aromatic carbocycles. The number of thiophene rings is 1. The van der Waals surface area contributed by atoms with Gasteiger partial charge in [0.25, 0.3) is 0 Å². The van der Waals surface area contributed by atoms with Crippen LogP contribution in [-0.4, -0.2) is 11.0 Å². The van der Waals surface area contributed by atoms with Gasteiger partial charge in [-0.25, -0.2) is 0 Å². The van der Waals surface area contributed by atoms with E-state index >= 15 is 0 Å². The van der Waals surface area contributed by atoms with Crippen molar-refractivity contribution in [2.75, 3.05) is 0 Å². The second kappa shape index (κ2) is 5.75. The van der Waals surface area contributed by atoms with Gasteiger partial charge in [0.05, 0.1) is 0 Å². The molecule has 1 unspecified atom stereocenters. The minimum atomic E-state index is 0.244. The van der Waals surface area contributed by atoms with E-state index in [1.807, 2.05) is 24.4 Å². The van der Waals surface area contributed by atoms with Crippen molar-refractivity contribution >= 4 is 11.3 Å². The van der Waals surface area contributed by atoms with Crippen LogP contribution in [0.5, 0.6) is 0 Å². The molecule has 3 N–H and O–H groups in total. The lowest BCUT2D eigenvalue weighted by molar-refractivity contribution is 0.520. The van der Waals surface area contributed by atoms with Gasteiger partial charge < -0.3 is 0 Å². The maximum absolute atomic E-state index is 5.56. The Morgan fingerprint density at radius 1 is 1.25 bits per heavy atom. The molecule has 2 heterocycles. The number of hydrazine groups is 1. The van der Waals surface area contributed by atoms with Crippen LogP contribution in [-0.2, 0) is 12.8 Å². The largest absolute Gasteiger partial charge is 0.271 e. The fraction of sp³-hybridized carbons (Fsp3) is 0.250. The van der Waals surface area contributed by atoms with E-state index in [4.69, 9.17) is 5.84 Å². The molecular weight excluding hydrogens is 218 g/mol. The van der Waals surface area contributed by atoms with E-state index in [0.717, 1.165) is 18.5 Å². The van der Waals surface area contributed by atoms with E-state index in [0.29, 0.717) is 0 Å². The second-order valence-electron chi connectivity index (χ2n) is 3.67. The van der Waals surface area contributed by atoms with Gasteiger partial charge in [-0.05, 0) is 30.0 Å². The van der Waals surface area contributed by atoms with Crippen molar-refractivity contribution in [1.29, 1.82) is 0 Å². The standard InChI is InChI=1S/C12H15N3S/c13-15-11(9-12-5-3-7-16-12)8-10-4-1-2-6-14-10/h1-7,11,15H,8-9,13H2. The number of nitrogens with one attached hydrogen (secondary N) is 1. The lowest BCUT2D eigenvalue weighted by Crippen LogP contribution is -2.38. The predicted molar refractivity (Wildman–Crippen MR) is 67.1 cm³/mol. The minimum absolute atomic E-state index is 0.244. The van der Waals surface area contributed by atoms with Crippen LogP contribution in [0.1, 0.15) is 10.6 Å². The van der Waals surface area contributed by atoms with Crippen LogP contribution in [0.3, 0.4) is 0 Å². The Balaban J connectivity index is 1.96. The molecule has 3 nitrogen and oxygen atoms in total. The van der Waals surface area contributed by atoms with Gasteiger partial charge in [0, 0.05) is 29.2 Å². The van der Waals surface area contributed by atoms with Crippen LogP contribution in [0, 0.1) is 0 Å². The fourth-order valence-corrected chi connectivity index (χ4v) is 2.42. The van der Waals surface area contributed by atoms with Gasteiger partial charge in [0.15, 0.2) is 0 Å². The molecule has 2 aromatic rings. The highest BCUT2D eigenvalue weighted by Gasteiger charge is 2.09. The van der Waals surface area contributed by atoms with E-state index in [-0.39, 0.29) is 6.04 Å². The molecule has 16 heavy (non-hydrogen) atoms. The number of aromatic nitrogens is 1. The number of pyridine rings is 1. The molecular formula is C12H15N3S. The normalized spacial score (nSPS) is 12.6. The minimum Gasteiger partial charge on any atom is -0.271 e. The van der Waals surface area contributed by atoms with E-state index in [1.165, 1.54) is 4.88 Å². The van der Waals surface area contributed by atoms with Gasteiger partial charge in [-0.1, -0.05) is 12.1 Å². The molecule has 2 rings (SSSR count). The van der Waals surface area contributed by atoms with E-state index < -0.39 is 0 Å². The average molecular weight is 233 g/mol. The first-order chi connectivity index (χ1) is 7.88. The summed E-state index contributed by atoms with van der Waals surface area (Å²) in [6.07, 6.45) is 3.62. The molecule has 0 aliphatic carbocycles. The number of hydrogen-bond acceptors (Lipinski definition) is 4. The Kier molecular flexibility index (Phi) is 4.04. The number of rotatable bonds is 5. The number of hydrogen-bond donors (Lipinski definition) is 2. The Morgan fingerprint density at radius 3 is 2.81 bits per heavy atom. The lowest BCUT2D eigenvalue weighted by Gasteiger charge is -2.14. The Hall–Kier alpha value is -1.23. The zero-order valence-corrected chi connectivity index (χ0v) is 9.78. The summed E-state index contributed by atoms with van der Waals surface area (Å²) in [7, 11) is 0. The zero-order chi connectivity index (χ0) is 11.2. The summed E-state index contributed by atoms with van der Waals surface area (Å²) in [5.41, 5.74) is 3.93. The summed E-state index contributed by atoms with van der Waals surface area (Å²) < 4.78 is 0. The quantitative estimate of drug-likeness (QED) is 0.611. The predicted octanol–water partition coefficient (Wildman–Crippen LogP) is 1.76. The molecule has 0 saturated heterocycles. The van der Waals surface area contributed by atoms with Crippen LogP contribution in [0.15, 0.2) is 41.9 Å². The molecule has 0 saturated carbocycles. The Morgan fingerprint density at radius 2 is 2.19 bits per heavy atom. The first-order valence-electron chi connectivity index (χ1n) is 5.27. The van der Waals surface area contributed by atoms with Gasteiger partial charge >= 0.3 is 0 Å². The summed E-state index contributed by atoms with van der Waals surface area (Å²) in [6, 6.07) is 10.4. The molecule has 0 radical (unpaired) electrons. The number of nitrogens with zero attached hydrogens (tertiary/aromatic N) is 1. The molecule has 0 spiro atoms. The van der Waals surface area contributed by atoms with Crippen molar-refractivity contribution in [3.8, 4) is 0 Å². The first-order valence-corrected chi connectivity index (χ1v) is 6.15. The highest BCUT2D eigenvalue weighted by molar-refractivity contribution is 7.09. The SMILES string of the molecule is NNC(Cc1ccccn1)Cc1cccs1. The van der Waals surface area contributed by atoms with Crippen LogP contribution < -0.4 is 11.3 Å². The molecule has 0 fully saturated rings. The highest BCUT2D eigenvalue weighted by Crippen LogP contribution is 2.12. The smallest absolute Gasteiger partial charge is 0.0419 e. The monoisotopic (exact) mass is 233 g/mol. The van der Waals surface area contributed by atoms with Crippen molar-refractivity contribution in [2.24, 2.45) is 5.84 Å². The van der Waals surface area contributed by atoms with Gasteiger partial charge in [-0.2, -0.15) is 0 Å². The van der Waals surface area contributed by atoms with Crippen LogP contribution in [0.4, 0.5) is 0 Å². The lowest BCUT2D eigenvalue weighted by atomic mass is 10.1. The van der Waals surface area contributed by atoms with Crippen LogP contribution in [0.2, 0.25) is 0 Å². The highest BCUT2D eigenvalue weighted by atomic mass is 32.1. The summed E-state index contributed by atoms with van der Waals surface area (Å²) in [5, 5.41) is 2.09. The third kappa shape index (κ3) is 3.13. The Bertz CT molecular complexity index is 399. The third-order valence-corrected chi connectivity index (χ3v) is 3.34. The molecule has 0 amide bonds. The molecule has 0 bridgehead atoms. The first kappa shape index (κ1) is 11.3. The average Bonchev–Trinajstić information content (AvgIpc) is 2.82. The van der Waals surface area contributed by atoms with Gasteiger partial charge in [0.2, 0.25) is 0 Å². The van der Waals surface area contributed by atoms with Crippen molar-refractivity contribution < 1.29 is 0 Å². The van der Waals surface area contributed by atoms with Crippen molar-refractivity contribution in [2.45, 2.75) is 18.9 Å². The van der Waals surface area contributed by atoms with Gasteiger partial charge in [-0.15, -0.1) is 11.3 Å². The van der Waals surface area contributed by atoms with Crippen molar-refractivity contribution in [3.63, 3.8) is 0 Å². The molecule has 0 aliphatic rings. The summed E-state index contributed by atoms with van der Waals surface area (Å²) in [5.74, 6) is 5.56. The summed E-state index contributed by atoms with van der Waals surface area (Å²) >= 11 is 1.76. The van der Waals surface area contributed by atoms with Crippen molar-refractivity contribution in [3.05, 3.63) is 52.5 Å². The fourth-order valence-electron chi connectivity index (χ4n) is 1.63. The number of nitrogens with two attached hydrogens (primary N) is 1. The summed E-state index contributed by atoms with van der Waals surface area (Å²) in [6.45, 7) is 0. The third-order valence-electron chi connectivity index (χ3n) is 2.45. The van der Waals surface area contributed by atoms with Crippen LogP contribution in [0.25, 0.3) is 0 Å². The molecule has 2 aromatic heterocycles. The summed E-state index contributed by atoms with van der Waals surface area (Å²) in [4.78, 5) is 5.65. The van der Waals surface area contributed by atoms with Crippen LogP contribution >= 0.6 is 11.3 Å². The topological polar surface area (TPSA) is 50.9 Å². The molecule has 1 atom stereocenters. The van der Waals surface area contributed by atoms with E-state index in [1.54, 1.807) is 11.3 Å². The van der Waals surface area contributed by atoms with Gasteiger partial charge in [0.1, 0.15) is 0 Å². The van der Waals surface area contributed by atoms with E-state index in [2.05, 4.69) is 27.9 Å². The van der Waals surface area contributed by atoms with Crippen molar-refractivity contribution in [1.82, 2.24) is 10.4 Å². The zero-order valence-electron chi connectivity index (χ0n) is 8.97. The molecule has 0 aliphatic heterocycles.